The van der Waals surface area contributed by atoms with E-state index < -0.39 is 18.5 Å². The van der Waals surface area contributed by atoms with Gasteiger partial charge in [0.2, 0.25) is 0 Å². The van der Waals surface area contributed by atoms with Gasteiger partial charge >= 0.3 is 5.97 Å². The van der Waals surface area contributed by atoms with E-state index >= 15 is 0 Å². The van der Waals surface area contributed by atoms with Crippen LogP contribution in [0.15, 0.2) is 36.4 Å². The number of carbonyl (C=O) groups excluding carboxylic acids is 2. The van der Waals surface area contributed by atoms with Crippen LogP contribution in [-0.2, 0) is 19.1 Å². The molecule has 1 fully saturated rings. The van der Waals surface area contributed by atoms with Crippen LogP contribution in [0.3, 0.4) is 0 Å². The van der Waals surface area contributed by atoms with Crippen LogP contribution in [0.2, 0.25) is 0 Å². The number of nitrogens with zero attached hydrogens (tertiary/aromatic N) is 1. The molecule has 2 aromatic rings. The Kier molecular flexibility index (Phi) is 9.40. The summed E-state index contributed by atoms with van der Waals surface area (Å²) in [6.45, 7) is 8.58. The third-order valence-corrected chi connectivity index (χ3v) is 5.00. The first-order valence-corrected chi connectivity index (χ1v) is 11.4. The Hall–Kier alpha value is -3.46. The average Bonchev–Trinajstić information content (AvgIpc) is 2.84. The van der Waals surface area contributed by atoms with Crippen LogP contribution in [0, 0.1) is 6.92 Å². The minimum absolute atomic E-state index is 0.288. The molecule has 2 aromatic carbocycles. The van der Waals surface area contributed by atoms with Crippen molar-refractivity contribution in [1.29, 1.82) is 0 Å². The standard InChI is InChI=1S/C25H32N2O7/c1-4-31-22-15-21(27-9-11-30-12-10-27)23(32-5-2)14-20(22)26-24(28)16-34-25(29)17-33-19-8-6-7-18(3)13-19/h6-8,13-15H,4-5,9-12,16-17H2,1-3H3,(H,26,28). The molecule has 184 valence electrons. The van der Waals surface area contributed by atoms with Crippen molar-refractivity contribution in [2.45, 2.75) is 20.8 Å². The van der Waals surface area contributed by atoms with Gasteiger partial charge in [0.05, 0.1) is 37.8 Å². The predicted octanol–water partition coefficient (Wildman–Crippen LogP) is 3.19. The van der Waals surface area contributed by atoms with Crippen LogP contribution >= 0.6 is 0 Å². The second-order valence-electron chi connectivity index (χ2n) is 7.60. The van der Waals surface area contributed by atoms with Gasteiger partial charge in [-0.05, 0) is 38.5 Å². The largest absolute Gasteiger partial charge is 0.492 e. The molecule has 0 saturated carbocycles. The molecule has 34 heavy (non-hydrogen) atoms. The number of amides is 1. The van der Waals surface area contributed by atoms with Gasteiger partial charge in [0.15, 0.2) is 13.2 Å². The van der Waals surface area contributed by atoms with Crippen LogP contribution in [0.25, 0.3) is 0 Å². The molecule has 3 rings (SSSR count). The van der Waals surface area contributed by atoms with Gasteiger partial charge < -0.3 is 33.9 Å². The first kappa shape index (κ1) is 25.2. The van der Waals surface area contributed by atoms with Gasteiger partial charge in [0.25, 0.3) is 5.91 Å². The molecule has 0 radical (unpaired) electrons. The molecule has 9 heteroatoms. The van der Waals surface area contributed by atoms with Gasteiger partial charge in [-0.25, -0.2) is 4.79 Å². The number of ether oxygens (including phenoxy) is 5. The van der Waals surface area contributed by atoms with E-state index in [9.17, 15) is 9.59 Å². The zero-order chi connectivity index (χ0) is 24.3. The highest BCUT2D eigenvalue weighted by molar-refractivity contribution is 5.95. The highest BCUT2D eigenvalue weighted by Gasteiger charge is 2.21. The molecule has 0 bridgehead atoms. The number of rotatable bonds is 11. The van der Waals surface area contributed by atoms with Crippen molar-refractivity contribution in [2.24, 2.45) is 0 Å². The van der Waals surface area contributed by atoms with E-state index in [0.29, 0.717) is 49.4 Å². The molecular weight excluding hydrogens is 440 g/mol. The Bertz CT molecular complexity index is 974. The number of esters is 1. The number of hydrogen-bond acceptors (Lipinski definition) is 8. The highest BCUT2D eigenvalue weighted by atomic mass is 16.6. The third-order valence-electron chi connectivity index (χ3n) is 5.00. The summed E-state index contributed by atoms with van der Waals surface area (Å²) in [6, 6.07) is 10.9. The Labute approximate surface area is 199 Å². The number of hydrogen-bond donors (Lipinski definition) is 1. The molecular formula is C25H32N2O7. The summed E-state index contributed by atoms with van der Waals surface area (Å²) in [6.07, 6.45) is 0. The number of carbonyl (C=O) groups is 2. The Morgan fingerprint density at radius 3 is 2.41 bits per heavy atom. The predicted molar refractivity (Wildman–Crippen MR) is 128 cm³/mol. The number of nitrogens with one attached hydrogen (secondary N) is 1. The van der Waals surface area contributed by atoms with E-state index in [1.165, 1.54) is 0 Å². The van der Waals surface area contributed by atoms with Gasteiger partial charge in [0.1, 0.15) is 17.2 Å². The third kappa shape index (κ3) is 7.28. The molecule has 0 aliphatic carbocycles. The summed E-state index contributed by atoms with van der Waals surface area (Å²) in [4.78, 5) is 26.7. The topological polar surface area (TPSA) is 95.6 Å². The highest BCUT2D eigenvalue weighted by Crippen LogP contribution is 2.39. The smallest absolute Gasteiger partial charge is 0.344 e. The molecule has 1 aliphatic rings. The van der Waals surface area contributed by atoms with Crippen LogP contribution in [0.5, 0.6) is 17.2 Å². The fourth-order valence-corrected chi connectivity index (χ4v) is 3.47. The molecule has 1 N–H and O–H groups in total. The van der Waals surface area contributed by atoms with Gasteiger partial charge in [-0.1, -0.05) is 12.1 Å². The fourth-order valence-electron chi connectivity index (χ4n) is 3.47. The lowest BCUT2D eigenvalue weighted by molar-refractivity contribution is -0.149. The normalized spacial score (nSPS) is 13.2. The van der Waals surface area contributed by atoms with Crippen LogP contribution in [-0.4, -0.2) is 64.6 Å². The first-order chi connectivity index (χ1) is 16.5. The van der Waals surface area contributed by atoms with Crippen molar-refractivity contribution >= 4 is 23.3 Å². The van der Waals surface area contributed by atoms with Crippen molar-refractivity contribution in [1.82, 2.24) is 0 Å². The van der Waals surface area contributed by atoms with Gasteiger partial charge in [-0.2, -0.15) is 0 Å². The molecule has 9 nitrogen and oxygen atoms in total. The number of morpholine rings is 1. The number of aryl methyl sites for hydroxylation is 1. The minimum atomic E-state index is -0.639. The molecule has 0 spiro atoms. The van der Waals surface area contributed by atoms with Crippen molar-refractivity contribution in [3.8, 4) is 17.2 Å². The zero-order valence-corrected chi connectivity index (χ0v) is 19.9. The minimum Gasteiger partial charge on any atom is -0.492 e. The van der Waals surface area contributed by atoms with Crippen LogP contribution in [0.1, 0.15) is 19.4 Å². The lowest BCUT2D eigenvalue weighted by Crippen LogP contribution is -2.36. The maximum Gasteiger partial charge on any atom is 0.344 e. The lowest BCUT2D eigenvalue weighted by atomic mass is 10.2. The van der Waals surface area contributed by atoms with E-state index in [1.54, 1.807) is 12.1 Å². The Balaban J connectivity index is 1.62. The van der Waals surface area contributed by atoms with E-state index in [1.807, 2.05) is 45.0 Å². The number of anilines is 2. The summed E-state index contributed by atoms with van der Waals surface area (Å²) >= 11 is 0. The second kappa shape index (κ2) is 12.7. The molecule has 1 saturated heterocycles. The molecule has 1 amide bonds. The maximum absolute atomic E-state index is 12.5. The Morgan fingerprint density at radius 2 is 1.71 bits per heavy atom. The Morgan fingerprint density at radius 1 is 0.971 bits per heavy atom. The SMILES string of the molecule is CCOc1cc(N2CCOCC2)c(OCC)cc1NC(=O)COC(=O)COc1cccc(C)c1. The van der Waals surface area contributed by atoms with Crippen molar-refractivity contribution in [3.05, 3.63) is 42.0 Å². The summed E-state index contributed by atoms with van der Waals surface area (Å²) in [7, 11) is 0. The van der Waals surface area contributed by atoms with Crippen molar-refractivity contribution in [3.63, 3.8) is 0 Å². The maximum atomic E-state index is 12.5. The summed E-state index contributed by atoms with van der Waals surface area (Å²) in [5.41, 5.74) is 2.34. The molecule has 1 heterocycles. The molecule has 0 aromatic heterocycles. The van der Waals surface area contributed by atoms with E-state index in [4.69, 9.17) is 23.7 Å². The number of benzene rings is 2. The quantitative estimate of drug-likeness (QED) is 0.498. The van der Waals surface area contributed by atoms with E-state index in [-0.39, 0.29) is 6.61 Å². The summed E-state index contributed by atoms with van der Waals surface area (Å²) < 4.78 is 27.5. The summed E-state index contributed by atoms with van der Waals surface area (Å²) in [5, 5.41) is 2.76. The van der Waals surface area contributed by atoms with E-state index in [0.717, 1.165) is 24.3 Å². The average molecular weight is 473 g/mol. The second-order valence-corrected chi connectivity index (χ2v) is 7.60. The fraction of sp³-hybridized carbons (Fsp3) is 0.440. The molecule has 0 atom stereocenters. The van der Waals surface area contributed by atoms with E-state index in [2.05, 4.69) is 10.2 Å². The van der Waals surface area contributed by atoms with Crippen molar-refractivity contribution in [2.75, 3.05) is 62.9 Å². The molecule has 1 aliphatic heterocycles. The van der Waals surface area contributed by atoms with Crippen LogP contribution in [0.4, 0.5) is 11.4 Å². The van der Waals surface area contributed by atoms with Crippen molar-refractivity contribution < 1.29 is 33.3 Å². The summed E-state index contributed by atoms with van der Waals surface area (Å²) in [5.74, 6) is 0.568. The van der Waals surface area contributed by atoms with Gasteiger partial charge in [0, 0.05) is 25.2 Å². The lowest BCUT2D eigenvalue weighted by Gasteiger charge is -2.31. The zero-order valence-electron chi connectivity index (χ0n) is 19.9. The first-order valence-electron chi connectivity index (χ1n) is 11.4. The van der Waals surface area contributed by atoms with Crippen LogP contribution < -0.4 is 24.4 Å². The van der Waals surface area contributed by atoms with Gasteiger partial charge in [-0.15, -0.1) is 0 Å². The van der Waals surface area contributed by atoms with Gasteiger partial charge in [-0.3, -0.25) is 4.79 Å². The molecule has 0 unspecified atom stereocenters. The monoisotopic (exact) mass is 472 g/mol.